The van der Waals surface area contributed by atoms with Crippen LogP contribution in [0.2, 0.25) is 0 Å². The molecule has 0 N–H and O–H groups in total. The van der Waals surface area contributed by atoms with Gasteiger partial charge in [0.2, 0.25) is 0 Å². The van der Waals surface area contributed by atoms with Crippen molar-refractivity contribution in [2.45, 2.75) is 84.0 Å². The molecule has 0 amide bonds. The van der Waals surface area contributed by atoms with Crippen LogP contribution in [-0.4, -0.2) is 12.6 Å². The summed E-state index contributed by atoms with van der Waals surface area (Å²) in [6.07, 6.45) is 16.0. The van der Waals surface area contributed by atoms with E-state index in [0.29, 0.717) is 13.0 Å². The monoisotopic (exact) mass is 268 g/mol. The summed E-state index contributed by atoms with van der Waals surface area (Å²) in [6, 6.07) is 0. The highest BCUT2D eigenvalue weighted by Crippen LogP contribution is 2.10. The van der Waals surface area contributed by atoms with Crippen LogP contribution in [0.15, 0.2) is 12.7 Å². The maximum Gasteiger partial charge on any atom is 0.306 e. The summed E-state index contributed by atoms with van der Waals surface area (Å²) in [5.41, 5.74) is 0. The van der Waals surface area contributed by atoms with Gasteiger partial charge in [-0.25, -0.2) is 0 Å². The highest BCUT2D eigenvalue weighted by Gasteiger charge is 2.00. The fourth-order valence-corrected chi connectivity index (χ4v) is 2.07. The highest BCUT2D eigenvalue weighted by molar-refractivity contribution is 5.69. The van der Waals surface area contributed by atoms with Crippen LogP contribution in [0, 0.1) is 0 Å². The molecule has 0 aromatic carbocycles. The van der Waals surface area contributed by atoms with Gasteiger partial charge in [-0.15, -0.1) is 6.58 Å². The predicted octanol–water partition coefficient (Wildman–Crippen LogP) is 5.42. The average molecular weight is 268 g/mol. The Balaban J connectivity index is 3.06. The van der Waals surface area contributed by atoms with Crippen LogP contribution in [0.4, 0.5) is 0 Å². The SMILES string of the molecule is C=CCCC(=O)OCCCCCCCCCCCC. The fraction of sp³-hybridized carbons (Fsp3) is 0.824. The molecule has 19 heavy (non-hydrogen) atoms. The minimum atomic E-state index is -0.0872. The van der Waals surface area contributed by atoms with Crippen LogP contribution in [0.3, 0.4) is 0 Å². The molecule has 0 aliphatic heterocycles. The lowest BCUT2D eigenvalue weighted by molar-refractivity contribution is -0.143. The number of hydrogen-bond acceptors (Lipinski definition) is 2. The summed E-state index contributed by atoms with van der Waals surface area (Å²) in [5, 5.41) is 0. The Labute approximate surface area is 119 Å². The molecule has 0 bridgehead atoms. The molecule has 0 rings (SSSR count). The summed E-state index contributed by atoms with van der Waals surface area (Å²) in [7, 11) is 0. The minimum absolute atomic E-state index is 0.0872. The third kappa shape index (κ3) is 15.2. The van der Waals surface area contributed by atoms with E-state index in [1.54, 1.807) is 6.08 Å². The number of carbonyl (C=O) groups is 1. The molecule has 0 aliphatic rings. The zero-order valence-electron chi connectivity index (χ0n) is 12.8. The van der Waals surface area contributed by atoms with Gasteiger partial charge in [-0.05, 0) is 12.8 Å². The highest BCUT2D eigenvalue weighted by atomic mass is 16.5. The predicted molar refractivity (Wildman–Crippen MR) is 82.2 cm³/mol. The van der Waals surface area contributed by atoms with Crippen molar-refractivity contribution in [3.63, 3.8) is 0 Å². The van der Waals surface area contributed by atoms with Gasteiger partial charge < -0.3 is 4.74 Å². The van der Waals surface area contributed by atoms with E-state index in [-0.39, 0.29) is 5.97 Å². The molecular weight excluding hydrogens is 236 g/mol. The second-order valence-electron chi connectivity index (χ2n) is 5.23. The Morgan fingerprint density at radius 1 is 0.947 bits per heavy atom. The molecule has 112 valence electrons. The lowest BCUT2D eigenvalue weighted by Crippen LogP contribution is -2.05. The van der Waals surface area contributed by atoms with Gasteiger partial charge >= 0.3 is 5.97 Å². The first kappa shape index (κ1) is 18.2. The Hall–Kier alpha value is -0.790. The molecule has 0 fully saturated rings. The van der Waals surface area contributed by atoms with E-state index in [9.17, 15) is 4.79 Å². The summed E-state index contributed by atoms with van der Waals surface area (Å²) >= 11 is 0. The second kappa shape index (κ2) is 15.3. The second-order valence-corrected chi connectivity index (χ2v) is 5.23. The van der Waals surface area contributed by atoms with Crippen LogP contribution >= 0.6 is 0 Å². The molecule has 0 aromatic rings. The van der Waals surface area contributed by atoms with Crippen molar-refractivity contribution in [1.29, 1.82) is 0 Å². The van der Waals surface area contributed by atoms with Crippen molar-refractivity contribution < 1.29 is 9.53 Å². The third-order valence-electron chi connectivity index (χ3n) is 3.31. The van der Waals surface area contributed by atoms with Gasteiger partial charge in [0, 0.05) is 6.42 Å². The minimum Gasteiger partial charge on any atom is -0.466 e. The number of esters is 1. The van der Waals surface area contributed by atoms with Gasteiger partial charge in [-0.1, -0.05) is 70.8 Å². The van der Waals surface area contributed by atoms with E-state index in [0.717, 1.165) is 12.8 Å². The van der Waals surface area contributed by atoms with E-state index in [1.807, 2.05) is 0 Å². The quantitative estimate of drug-likeness (QED) is 0.239. The molecule has 2 nitrogen and oxygen atoms in total. The molecule has 0 saturated carbocycles. The molecule has 0 aliphatic carbocycles. The third-order valence-corrected chi connectivity index (χ3v) is 3.31. The van der Waals surface area contributed by atoms with Gasteiger partial charge in [0.1, 0.15) is 0 Å². The largest absolute Gasteiger partial charge is 0.466 e. The molecule has 0 heterocycles. The van der Waals surface area contributed by atoms with E-state index in [1.165, 1.54) is 57.8 Å². The lowest BCUT2D eigenvalue weighted by atomic mass is 10.1. The van der Waals surface area contributed by atoms with Gasteiger partial charge in [0.05, 0.1) is 6.61 Å². The van der Waals surface area contributed by atoms with E-state index < -0.39 is 0 Å². The molecule has 0 saturated heterocycles. The van der Waals surface area contributed by atoms with Crippen LogP contribution in [0.1, 0.15) is 84.0 Å². The van der Waals surface area contributed by atoms with E-state index in [4.69, 9.17) is 4.74 Å². The standard InChI is InChI=1S/C17H32O2/c1-3-5-7-8-9-10-11-12-13-14-16-19-17(18)15-6-4-2/h4H,2-3,5-16H2,1H3. The Morgan fingerprint density at radius 2 is 1.47 bits per heavy atom. The average Bonchev–Trinajstić information content (AvgIpc) is 2.42. The van der Waals surface area contributed by atoms with Crippen LogP contribution < -0.4 is 0 Å². The van der Waals surface area contributed by atoms with Crippen LogP contribution in [-0.2, 0) is 9.53 Å². The summed E-state index contributed by atoms with van der Waals surface area (Å²) in [5.74, 6) is -0.0872. The first-order valence-electron chi connectivity index (χ1n) is 8.07. The number of unbranched alkanes of at least 4 members (excludes halogenated alkanes) is 9. The van der Waals surface area contributed by atoms with Crippen LogP contribution in [0.25, 0.3) is 0 Å². The van der Waals surface area contributed by atoms with E-state index >= 15 is 0 Å². The maximum atomic E-state index is 11.2. The Kier molecular flexibility index (Phi) is 14.6. The number of allylic oxidation sites excluding steroid dienone is 1. The fourth-order valence-electron chi connectivity index (χ4n) is 2.07. The van der Waals surface area contributed by atoms with Crippen molar-refractivity contribution in [2.24, 2.45) is 0 Å². The van der Waals surface area contributed by atoms with Gasteiger partial charge in [0.15, 0.2) is 0 Å². The topological polar surface area (TPSA) is 26.3 Å². The molecule has 2 heteroatoms. The van der Waals surface area contributed by atoms with Gasteiger partial charge in [-0.2, -0.15) is 0 Å². The molecule has 0 radical (unpaired) electrons. The van der Waals surface area contributed by atoms with Gasteiger partial charge in [0.25, 0.3) is 0 Å². The maximum absolute atomic E-state index is 11.2. The first-order valence-corrected chi connectivity index (χ1v) is 8.07. The molecule has 0 atom stereocenters. The van der Waals surface area contributed by atoms with Crippen molar-refractivity contribution in [3.05, 3.63) is 12.7 Å². The van der Waals surface area contributed by atoms with Crippen molar-refractivity contribution in [1.82, 2.24) is 0 Å². The number of ether oxygens (including phenoxy) is 1. The zero-order chi connectivity index (χ0) is 14.2. The van der Waals surface area contributed by atoms with Crippen molar-refractivity contribution in [2.75, 3.05) is 6.61 Å². The zero-order valence-corrected chi connectivity index (χ0v) is 12.8. The number of rotatable bonds is 14. The Morgan fingerprint density at radius 3 is 2.00 bits per heavy atom. The normalized spacial score (nSPS) is 10.4. The summed E-state index contributed by atoms with van der Waals surface area (Å²) < 4.78 is 5.13. The first-order chi connectivity index (χ1) is 9.31. The van der Waals surface area contributed by atoms with Gasteiger partial charge in [-0.3, -0.25) is 4.79 Å². The van der Waals surface area contributed by atoms with Crippen LogP contribution in [0.5, 0.6) is 0 Å². The Bertz CT molecular complexity index is 211. The molecule has 0 aromatic heterocycles. The van der Waals surface area contributed by atoms with Crippen molar-refractivity contribution in [3.8, 4) is 0 Å². The lowest BCUT2D eigenvalue weighted by Gasteiger charge is -2.04. The summed E-state index contributed by atoms with van der Waals surface area (Å²) in [6.45, 7) is 6.43. The van der Waals surface area contributed by atoms with Crippen molar-refractivity contribution >= 4 is 5.97 Å². The number of hydrogen-bond donors (Lipinski definition) is 0. The molecule has 0 unspecified atom stereocenters. The van der Waals surface area contributed by atoms with E-state index in [2.05, 4.69) is 13.5 Å². The molecular formula is C17H32O2. The smallest absolute Gasteiger partial charge is 0.306 e. The number of carbonyl (C=O) groups excluding carboxylic acids is 1. The summed E-state index contributed by atoms with van der Waals surface area (Å²) in [4.78, 5) is 11.2. The molecule has 0 spiro atoms.